The van der Waals surface area contributed by atoms with Gasteiger partial charge in [-0.15, -0.1) is 0 Å². The van der Waals surface area contributed by atoms with Gasteiger partial charge in [-0.05, 0) is 18.6 Å². The van der Waals surface area contributed by atoms with Gasteiger partial charge in [-0.3, -0.25) is 4.79 Å². The third kappa shape index (κ3) is 6.01. The average Bonchev–Trinajstić information content (AvgIpc) is 2.61. The van der Waals surface area contributed by atoms with Crippen molar-refractivity contribution in [3.8, 4) is 17.2 Å². The van der Waals surface area contributed by atoms with Crippen molar-refractivity contribution >= 4 is 16.9 Å². The molecule has 2 rings (SSSR count). The largest absolute Gasteiger partial charge is 0.507 e. The highest BCUT2D eigenvalue weighted by Crippen LogP contribution is 2.38. The SMILES string of the molecule is CCCCCCCCCCOc1c(OC(C)=O)c2c(O)cccc2oc1=O. The summed E-state index contributed by atoms with van der Waals surface area (Å²) in [5.41, 5.74) is -0.598. The van der Waals surface area contributed by atoms with Gasteiger partial charge in [0.1, 0.15) is 16.7 Å². The molecule has 0 saturated heterocycles. The summed E-state index contributed by atoms with van der Waals surface area (Å²) in [4.78, 5) is 23.7. The summed E-state index contributed by atoms with van der Waals surface area (Å²) in [5, 5.41) is 10.3. The van der Waals surface area contributed by atoms with Crippen LogP contribution in [-0.2, 0) is 4.79 Å². The Morgan fingerprint density at radius 1 is 1.04 bits per heavy atom. The second-order valence-corrected chi connectivity index (χ2v) is 6.62. The molecule has 1 aromatic carbocycles. The maximum atomic E-state index is 12.2. The first-order valence-electron chi connectivity index (χ1n) is 9.64. The van der Waals surface area contributed by atoms with Gasteiger partial charge in [0.05, 0.1) is 6.61 Å². The molecule has 27 heavy (non-hydrogen) atoms. The lowest BCUT2D eigenvalue weighted by atomic mass is 10.1. The topological polar surface area (TPSA) is 86.0 Å². The summed E-state index contributed by atoms with van der Waals surface area (Å²) in [6, 6.07) is 4.49. The van der Waals surface area contributed by atoms with Crippen LogP contribution in [0.4, 0.5) is 0 Å². The van der Waals surface area contributed by atoms with Gasteiger partial charge in [0.25, 0.3) is 0 Å². The van der Waals surface area contributed by atoms with Gasteiger partial charge in [-0.1, -0.05) is 57.9 Å². The van der Waals surface area contributed by atoms with Crippen molar-refractivity contribution in [2.24, 2.45) is 0 Å². The van der Waals surface area contributed by atoms with Gasteiger partial charge in [0.15, 0.2) is 5.75 Å². The molecule has 6 nitrogen and oxygen atoms in total. The lowest BCUT2D eigenvalue weighted by Crippen LogP contribution is -2.13. The van der Waals surface area contributed by atoms with Gasteiger partial charge in [-0.2, -0.15) is 0 Å². The maximum Gasteiger partial charge on any atom is 0.383 e. The highest BCUT2D eigenvalue weighted by Gasteiger charge is 2.21. The first-order chi connectivity index (χ1) is 13.0. The Labute approximate surface area is 159 Å². The van der Waals surface area contributed by atoms with E-state index in [1.165, 1.54) is 51.2 Å². The Morgan fingerprint density at radius 2 is 1.70 bits per heavy atom. The molecule has 0 amide bonds. The minimum Gasteiger partial charge on any atom is -0.507 e. The van der Waals surface area contributed by atoms with E-state index in [9.17, 15) is 14.7 Å². The lowest BCUT2D eigenvalue weighted by Gasteiger charge is -2.12. The van der Waals surface area contributed by atoms with E-state index in [2.05, 4.69) is 6.92 Å². The number of carbonyl (C=O) groups is 1. The summed E-state index contributed by atoms with van der Waals surface area (Å²) in [6.07, 6.45) is 9.15. The molecule has 1 heterocycles. The number of hydrogen-bond donors (Lipinski definition) is 1. The van der Waals surface area contributed by atoms with Crippen LogP contribution in [0.2, 0.25) is 0 Å². The van der Waals surface area contributed by atoms with Gasteiger partial charge < -0.3 is 19.0 Å². The summed E-state index contributed by atoms with van der Waals surface area (Å²) < 4.78 is 15.9. The molecule has 0 atom stereocenters. The van der Waals surface area contributed by atoms with E-state index in [1.807, 2.05) is 0 Å². The average molecular weight is 376 g/mol. The standard InChI is InChI=1S/C21H28O6/c1-3-4-5-6-7-8-9-10-14-25-20-19(26-15(2)22)18-16(23)12-11-13-17(18)27-21(20)24/h11-13,23H,3-10,14H2,1-2H3. The number of aromatic hydroxyl groups is 1. The fraction of sp³-hybridized carbons (Fsp3) is 0.524. The molecule has 0 aliphatic carbocycles. The molecule has 148 valence electrons. The van der Waals surface area contributed by atoms with E-state index in [1.54, 1.807) is 6.07 Å². The third-order valence-corrected chi connectivity index (χ3v) is 4.32. The van der Waals surface area contributed by atoms with Crippen LogP contribution in [-0.4, -0.2) is 17.7 Å². The van der Waals surface area contributed by atoms with E-state index in [0.717, 1.165) is 19.3 Å². The first-order valence-corrected chi connectivity index (χ1v) is 9.64. The van der Waals surface area contributed by atoms with Crippen LogP contribution in [0.1, 0.15) is 65.2 Å². The number of unbranched alkanes of at least 4 members (excludes halogenated alkanes) is 7. The summed E-state index contributed by atoms with van der Waals surface area (Å²) in [6.45, 7) is 3.74. The molecule has 0 unspecified atom stereocenters. The molecule has 1 N–H and O–H groups in total. The van der Waals surface area contributed by atoms with Gasteiger partial charge in [0.2, 0.25) is 5.75 Å². The Balaban J connectivity index is 2.02. The molecular weight excluding hydrogens is 348 g/mol. The van der Waals surface area contributed by atoms with Crippen LogP contribution in [0.3, 0.4) is 0 Å². The number of benzene rings is 1. The fourth-order valence-corrected chi connectivity index (χ4v) is 2.96. The molecule has 0 fully saturated rings. The number of carbonyl (C=O) groups excluding carboxylic acids is 1. The lowest BCUT2D eigenvalue weighted by molar-refractivity contribution is -0.131. The Morgan fingerprint density at radius 3 is 2.37 bits per heavy atom. The molecule has 0 spiro atoms. The maximum absolute atomic E-state index is 12.2. The summed E-state index contributed by atoms with van der Waals surface area (Å²) in [7, 11) is 0. The highest BCUT2D eigenvalue weighted by molar-refractivity contribution is 5.93. The molecule has 2 aromatic rings. The van der Waals surface area contributed by atoms with Crippen molar-refractivity contribution < 1.29 is 23.8 Å². The molecule has 1 aromatic heterocycles. The second-order valence-electron chi connectivity index (χ2n) is 6.62. The van der Waals surface area contributed by atoms with Crippen molar-refractivity contribution in [2.75, 3.05) is 6.61 Å². The number of rotatable bonds is 11. The molecule has 0 radical (unpaired) electrons. The van der Waals surface area contributed by atoms with Crippen molar-refractivity contribution in [2.45, 2.75) is 65.2 Å². The minimum atomic E-state index is -0.732. The summed E-state index contributed by atoms with van der Waals surface area (Å²) >= 11 is 0. The van der Waals surface area contributed by atoms with E-state index >= 15 is 0 Å². The Hall–Kier alpha value is -2.50. The molecule has 0 bridgehead atoms. The van der Waals surface area contributed by atoms with Crippen molar-refractivity contribution in [1.82, 2.24) is 0 Å². The zero-order valence-electron chi connectivity index (χ0n) is 16.1. The van der Waals surface area contributed by atoms with Gasteiger partial charge in [-0.25, -0.2) is 4.79 Å². The zero-order valence-corrected chi connectivity index (χ0v) is 16.1. The number of esters is 1. The predicted octanol–water partition coefficient (Wildman–Crippen LogP) is 4.94. The molecule has 0 saturated carbocycles. The highest BCUT2D eigenvalue weighted by atomic mass is 16.6. The second kappa shape index (κ2) is 10.6. The Bertz CT molecular complexity index is 808. The Kier molecular flexibility index (Phi) is 8.17. The quantitative estimate of drug-likeness (QED) is 0.339. The normalized spacial score (nSPS) is 10.9. The van der Waals surface area contributed by atoms with Crippen LogP contribution < -0.4 is 15.1 Å². The van der Waals surface area contributed by atoms with Crippen LogP contribution in [0.25, 0.3) is 11.0 Å². The van der Waals surface area contributed by atoms with E-state index in [-0.39, 0.29) is 28.2 Å². The number of phenols is 1. The smallest absolute Gasteiger partial charge is 0.383 e. The fourth-order valence-electron chi connectivity index (χ4n) is 2.96. The third-order valence-electron chi connectivity index (χ3n) is 4.32. The number of ether oxygens (including phenoxy) is 2. The molecule has 6 heteroatoms. The molecule has 0 aliphatic heterocycles. The van der Waals surface area contributed by atoms with Crippen LogP contribution in [0, 0.1) is 0 Å². The van der Waals surface area contributed by atoms with Gasteiger partial charge in [0, 0.05) is 6.92 Å². The number of hydrogen-bond acceptors (Lipinski definition) is 6. The van der Waals surface area contributed by atoms with Crippen LogP contribution >= 0.6 is 0 Å². The van der Waals surface area contributed by atoms with Crippen molar-refractivity contribution in [1.29, 1.82) is 0 Å². The molecular formula is C21H28O6. The van der Waals surface area contributed by atoms with Crippen LogP contribution in [0.5, 0.6) is 17.2 Å². The predicted molar refractivity (Wildman–Crippen MR) is 104 cm³/mol. The van der Waals surface area contributed by atoms with E-state index in [0.29, 0.717) is 6.61 Å². The minimum absolute atomic E-state index is 0.0913. The molecule has 0 aliphatic rings. The zero-order chi connectivity index (χ0) is 19.6. The van der Waals surface area contributed by atoms with E-state index < -0.39 is 11.6 Å². The number of phenolic OH excluding ortho intramolecular Hbond substituents is 1. The van der Waals surface area contributed by atoms with Gasteiger partial charge >= 0.3 is 11.6 Å². The van der Waals surface area contributed by atoms with Crippen molar-refractivity contribution in [3.63, 3.8) is 0 Å². The first kappa shape index (κ1) is 20.8. The van der Waals surface area contributed by atoms with E-state index in [4.69, 9.17) is 13.9 Å². The van der Waals surface area contributed by atoms with Crippen LogP contribution in [0.15, 0.2) is 27.4 Å². The monoisotopic (exact) mass is 376 g/mol. The number of fused-ring (bicyclic) bond motifs is 1. The summed E-state index contributed by atoms with van der Waals surface area (Å²) in [5.74, 6) is -1.03. The van der Waals surface area contributed by atoms with Crippen molar-refractivity contribution in [3.05, 3.63) is 28.6 Å².